The molecule has 150 valence electrons. The third-order valence-electron chi connectivity index (χ3n) is 5.79. The van der Waals surface area contributed by atoms with Crippen LogP contribution in [0.1, 0.15) is 32.1 Å². The van der Waals surface area contributed by atoms with E-state index in [1.165, 1.54) is 0 Å². The van der Waals surface area contributed by atoms with Gasteiger partial charge < -0.3 is 15.0 Å². The van der Waals surface area contributed by atoms with Crippen LogP contribution in [0.15, 0.2) is 42.9 Å². The SMILES string of the molecule is O=C(OC1CCC1)N1CCC[C@H]1CNc1ccc2ncc(-c3ccncc3)n2n1. The quantitative estimate of drug-likeness (QED) is 0.717. The van der Waals surface area contributed by atoms with Gasteiger partial charge in [0.2, 0.25) is 0 Å². The lowest BCUT2D eigenvalue weighted by Gasteiger charge is -2.30. The lowest BCUT2D eigenvalue weighted by atomic mass is 9.96. The molecule has 1 aliphatic carbocycles. The maximum atomic E-state index is 12.5. The minimum atomic E-state index is -0.169. The van der Waals surface area contributed by atoms with E-state index in [0.29, 0.717) is 6.54 Å². The molecule has 1 saturated carbocycles. The van der Waals surface area contributed by atoms with Crippen molar-refractivity contribution in [3.05, 3.63) is 42.9 Å². The molecule has 4 heterocycles. The summed E-state index contributed by atoms with van der Waals surface area (Å²) in [4.78, 5) is 22.8. The Morgan fingerprint density at radius 3 is 2.79 bits per heavy atom. The fourth-order valence-electron chi connectivity index (χ4n) is 3.90. The van der Waals surface area contributed by atoms with Gasteiger partial charge in [0.05, 0.1) is 17.9 Å². The van der Waals surface area contributed by atoms with Gasteiger partial charge in [-0.3, -0.25) is 4.98 Å². The Hall–Kier alpha value is -3.16. The highest BCUT2D eigenvalue weighted by Crippen LogP contribution is 2.26. The van der Waals surface area contributed by atoms with Crippen molar-refractivity contribution in [1.82, 2.24) is 24.5 Å². The van der Waals surface area contributed by atoms with Crippen LogP contribution in [-0.4, -0.2) is 55.8 Å². The lowest BCUT2D eigenvalue weighted by Crippen LogP contribution is -2.42. The molecule has 3 aromatic rings. The second kappa shape index (κ2) is 7.69. The molecule has 0 radical (unpaired) electrons. The number of likely N-dealkylation sites (tertiary alicyclic amines) is 1. The van der Waals surface area contributed by atoms with Gasteiger partial charge in [-0.1, -0.05) is 0 Å². The summed E-state index contributed by atoms with van der Waals surface area (Å²) >= 11 is 0. The van der Waals surface area contributed by atoms with Gasteiger partial charge in [0.1, 0.15) is 11.9 Å². The number of fused-ring (bicyclic) bond motifs is 1. The van der Waals surface area contributed by atoms with Crippen molar-refractivity contribution >= 4 is 17.6 Å². The first-order valence-electron chi connectivity index (χ1n) is 10.2. The molecule has 2 fully saturated rings. The smallest absolute Gasteiger partial charge is 0.410 e. The monoisotopic (exact) mass is 392 g/mol. The van der Waals surface area contributed by atoms with Crippen LogP contribution < -0.4 is 5.32 Å². The van der Waals surface area contributed by atoms with Crippen LogP contribution in [0.3, 0.4) is 0 Å². The standard InChI is InChI=1S/C21H24N6O2/c28-21(29-17-4-1-5-17)26-12-2-3-16(26)13-23-19-6-7-20-24-14-18(27(20)25-19)15-8-10-22-11-9-15/h6-11,14,16-17H,1-5,12-13H2,(H,23,25)/t16-/m0/s1. The second-order valence-electron chi connectivity index (χ2n) is 7.67. The van der Waals surface area contributed by atoms with Crippen LogP contribution >= 0.6 is 0 Å². The van der Waals surface area contributed by atoms with Gasteiger partial charge >= 0.3 is 6.09 Å². The molecule has 0 spiro atoms. The molecular formula is C21H24N6O2. The van der Waals surface area contributed by atoms with E-state index >= 15 is 0 Å². The summed E-state index contributed by atoms with van der Waals surface area (Å²) in [5.41, 5.74) is 2.71. The predicted molar refractivity (Wildman–Crippen MR) is 109 cm³/mol. The summed E-state index contributed by atoms with van der Waals surface area (Å²) in [6.45, 7) is 1.41. The van der Waals surface area contributed by atoms with Crippen molar-refractivity contribution in [3.63, 3.8) is 0 Å². The number of carbonyl (C=O) groups is 1. The Kier molecular flexibility index (Phi) is 4.75. The van der Waals surface area contributed by atoms with Gasteiger partial charge in [0.25, 0.3) is 0 Å². The molecular weight excluding hydrogens is 368 g/mol. The normalized spacial score (nSPS) is 19.3. The molecule has 29 heavy (non-hydrogen) atoms. The van der Waals surface area contributed by atoms with E-state index < -0.39 is 0 Å². The molecule has 0 aromatic carbocycles. The zero-order chi connectivity index (χ0) is 19.6. The predicted octanol–water partition coefficient (Wildman–Crippen LogP) is 3.36. The topological polar surface area (TPSA) is 84.6 Å². The third kappa shape index (κ3) is 3.62. The molecule has 2 aliphatic rings. The van der Waals surface area contributed by atoms with Gasteiger partial charge in [-0.05, 0) is 56.4 Å². The Bertz CT molecular complexity index is 1000. The largest absolute Gasteiger partial charge is 0.446 e. The molecule has 8 nitrogen and oxygen atoms in total. The van der Waals surface area contributed by atoms with Crippen LogP contribution in [-0.2, 0) is 4.74 Å². The first-order valence-corrected chi connectivity index (χ1v) is 10.2. The molecule has 0 unspecified atom stereocenters. The fraction of sp³-hybridized carbons (Fsp3) is 0.429. The maximum Gasteiger partial charge on any atom is 0.410 e. The number of imidazole rings is 1. The average Bonchev–Trinajstić information content (AvgIpc) is 3.36. The van der Waals surface area contributed by atoms with E-state index in [2.05, 4.69) is 15.3 Å². The number of nitrogens with zero attached hydrogens (tertiary/aromatic N) is 5. The average molecular weight is 392 g/mol. The molecule has 1 aliphatic heterocycles. The zero-order valence-corrected chi connectivity index (χ0v) is 16.2. The van der Waals surface area contributed by atoms with Crippen molar-refractivity contribution in [2.75, 3.05) is 18.4 Å². The number of hydrogen-bond donors (Lipinski definition) is 1. The minimum absolute atomic E-state index is 0.119. The van der Waals surface area contributed by atoms with E-state index in [9.17, 15) is 4.79 Å². The van der Waals surface area contributed by atoms with Gasteiger partial charge in [-0.15, -0.1) is 5.10 Å². The van der Waals surface area contributed by atoms with Crippen LogP contribution in [0.5, 0.6) is 0 Å². The second-order valence-corrected chi connectivity index (χ2v) is 7.67. The van der Waals surface area contributed by atoms with Crippen molar-refractivity contribution in [2.45, 2.75) is 44.2 Å². The molecule has 1 atom stereocenters. The maximum absolute atomic E-state index is 12.5. The number of amides is 1. The first-order chi connectivity index (χ1) is 14.3. The summed E-state index contributed by atoms with van der Waals surface area (Å²) in [7, 11) is 0. The zero-order valence-electron chi connectivity index (χ0n) is 16.2. The van der Waals surface area contributed by atoms with Crippen LogP contribution in [0.25, 0.3) is 16.9 Å². The summed E-state index contributed by atoms with van der Waals surface area (Å²) in [6, 6.07) is 7.87. The number of nitrogens with one attached hydrogen (secondary N) is 1. The molecule has 3 aromatic heterocycles. The van der Waals surface area contributed by atoms with Crippen LogP contribution in [0, 0.1) is 0 Å². The fourth-order valence-corrected chi connectivity index (χ4v) is 3.90. The van der Waals surface area contributed by atoms with Crippen LogP contribution in [0.4, 0.5) is 10.6 Å². The number of pyridine rings is 1. The van der Waals surface area contributed by atoms with Crippen LogP contribution in [0.2, 0.25) is 0 Å². The van der Waals surface area contributed by atoms with Crippen molar-refractivity contribution in [3.8, 4) is 11.3 Å². The summed E-state index contributed by atoms with van der Waals surface area (Å²) in [6.07, 6.45) is 10.4. The summed E-state index contributed by atoms with van der Waals surface area (Å²) in [5.74, 6) is 0.755. The summed E-state index contributed by atoms with van der Waals surface area (Å²) < 4.78 is 7.42. The molecule has 1 N–H and O–H groups in total. The lowest BCUT2D eigenvalue weighted by molar-refractivity contribution is 0.0254. The van der Waals surface area contributed by atoms with E-state index in [0.717, 1.165) is 61.4 Å². The Labute approximate surface area is 168 Å². The van der Waals surface area contributed by atoms with E-state index in [1.807, 2.05) is 39.9 Å². The number of carbonyl (C=O) groups excluding carboxylic acids is 1. The molecule has 1 amide bonds. The molecule has 1 saturated heterocycles. The van der Waals surface area contributed by atoms with E-state index in [-0.39, 0.29) is 18.2 Å². The molecule has 5 rings (SSSR count). The van der Waals surface area contributed by atoms with Gasteiger partial charge in [-0.25, -0.2) is 14.3 Å². The minimum Gasteiger partial charge on any atom is -0.446 e. The van der Waals surface area contributed by atoms with Crippen molar-refractivity contribution < 1.29 is 9.53 Å². The van der Waals surface area contributed by atoms with Crippen molar-refractivity contribution in [2.24, 2.45) is 0 Å². The first kappa shape index (κ1) is 17.9. The highest BCUT2D eigenvalue weighted by molar-refractivity contribution is 5.69. The number of hydrogen-bond acceptors (Lipinski definition) is 6. The summed E-state index contributed by atoms with van der Waals surface area (Å²) in [5, 5.41) is 8.09. The number of anilines is 1. The van der Waals surface area contributed by atoms with Gasteiger partial charge in [0, 0.05) is 31.0 Å². The number of ether oxygens (including phenoxy) is 1. The van der Waals surface area contributed by atoms with Gasteiger partial charge in [0.15, 0.2) is 5.65 Å². The highest BCUT2D eigenvalue weighted by atomic mass is 16.6. The van der Waals surface area contributed by atoms with E-state index in [4.69, 9.17) is 9.84 Å². The number of rotatable bonds is 5. The van der Waals surface area contributed by atoms with E-state index in [1.54, 1.807) is 12.4 Å². The molecule has 8 heteroatoms. The van der Waals surface area contributed by atoms with Crippen molar-refractivity contribution in [1.29, 1.82) is 0 Å². The number of aromatic nitrogens is 4. The Morgan fingerprint density at radius 1 is 1.14 bits per heavy atom. The third-order valence-corrected chi connectivity index (χ3v) is 5.79. The Balaban J connectivity index is 1.28. The molecule has 0 bridgehead atoms. The van der Waals surface area contributed by atoms with Gasteiger partial charge in [-0.2, -0.15) is 0 Å². The Morgan fingerprint density at radius 2 is 2.00 bits per heavy atom. The highest BCUT2D eigenvalue weighted by Gasteiger charge is 2.32.